The highest BCUT2D eigenvalue weighted by Crippen LogP contribution is 2.05. The van der Waals surface area contributed by atoms with Gasteiger partial charge >= 0.3 is 5.97 Å². The maximum absolute atomic E-state index is 10.4. The summed E-state index contributed by atoms with van der Waals surface area (Å²) in [5, 5.41) is 18.0. The lowest BCUT2D eigenvalue weighted by molar-refractivity contribution is -0.139. The normalized spacial score (nSPS) is 13.7. The molecule has 0 aliphatic heterocycles. The zero-order valence-electron chi connectivity index (χ0n) is 15.8. The number of aliphatic hydroxyl groups is 1. The zero-order valence-corrected chi connectivity index (χ0v) is 15.8. The lowest BCUT2D eigenvalue weighted by Crippen LogP contribution is -2.12. The van der Waals surface area contributed by atoms with E-state index in [2.05, 4.69) is 55.5 Å². The Morgan fingerprint density at radius 3 is 1.76 bits per heavy atom. The van der Waals surface area contributed by atoms with E-state index in [4.69, 9.17) is 5.11 Å². The van der Waals surface area contributed by atoms with E-state index in [9.17, 15) is 9.90 Å². The highest BCUT2D eigenvalue weighted by atomic mass is 16.4. The van der Waals surface area contributed by atoms with E-state index in [0.29, 0.717) is 6.42 Å². The summed E-state index contributed by atoms with van der Waals surface area (Å²) in [7, 11) is 0. The predicted molar refractivity (Wildman–Crippen MR) is 107 cm³/mol. The van der Waals surface area contributed by atoms with Crippen molar-refractivity contribution in [3.05, 3.63) is 48.6 Å². The summed E-state index contributed by atoms with van der Waals surface area (Å²) in [6.45, 7) is 2.23. The van der Waals surface area contributed by atoms with Gasteiger partial charge in [-0.25, -0.2) is 0 Å². The number of hydrogen-bond acceptors (Lipinski definition) is 2. The van der Waals surface area contributed by atoms with Crippen LogP contribution in [0.15, 0.2) is 48.6 Å². The summed E-state index contributed by atoms with van der Waals surface area (Å²) < 4.78 is 0. The second-order valence-electron chi connectivity index (χ2n) is 6.27. The van der Waals surface area contributed by atoms with Gasteiger partial charge in [-0.15, -0.1) is 0 Å². The summed E-state index contributed by atoms with van der Waals surface area (Å²) in [5.74, 6) is -0.940. The van der Waals surface area contributed by atoms with Crippen LogP contribution in [-0.4, -0.2) is 22.3 Å². The van der Waals surface area contributed by atoms with Gasteiger partial charge in [0.2, 0.25) is 0 Å². The second kappa shape index (κ2) is 18.7. The van der Waals surface area contributed by atoms with Crippen molar-refractivity contribution in [2.45, 2.75) is 83.7 Å². The van der Waals surface area contributed by atoms with E-state index >= 15 is 0 Å². The minimum Gasteiger partial charge on any atom is -0.481 e. The maximum atomic E-state index is 10.4. The van der Waals surface area contributed by atoms with Gasteiger partial charge in [0.15, 0.2) is 0 Å². The molecule has 3 heteroatoms. The fourth-order valence-electron chi connectivity index (χ4n) is 2.34. The van der Waals surface area contributed by atoms with Crippen molar-refractivity contribution in [1.29, 1.82) is 0 Å². The number of carboxylic acids is 1. The highest BCUT2D eigenvalue weighted by molar-refractivity contribution is 5.67. The molecule has 0 rings (SSSR count). The van der Waals surface area contributed by atoms with Crippen LogP contribution in [-0.2, 0) is 4.79 Å². The average molecular weight is 349 g/mol. The van der Waals surface area contributed by atoms with Gasteiger partial charge in [-0.2, -0.15) is 0 Å². The average Bonchev–Trinajstić information content (AvgIpc) is 2.57. The number of allylic oxidation sites excluding steroid dienone is 8. The molecule has 2 N–H and O–H groups in total. The van der Waals surface area contributed by atoms with E-state index in [1.807, 2.05) is 0 Å². The molecule has 0 saturated carbocycles. The Morgan fingerprint density at radius 1 is 0.800 bits per heavy atom. The summed E-state index contributed by atoms with van der Waals surface area (Å²) in [4.78, 5) is 10.4. The van der Waals surface area contributed by atoms with Crippen LogP contribution in [0.3, 0.4) is 0 Å². The van der Waals surface area contributed by atoms with E-state index in [-0.39, 0.29) is 6.42 Å². The Bertz CT molecular complexity index is 419. The summed E-state index contributed by atoms with van der Waals surface area (Å²) in [6.07, 6.45) is 26.9. The standard InChI is InChI=1S/C22H36O3/c1-2-3-4-5-6-7-8-9-10-11-12-13-14-15-16-17-18-19-21(23)20-22(24)25/h6-7,9-10,12-13,15-16,21,23H,2-5,8,11,14,17-20H2,1H3,(H,24,25)/b7-6-,10-9-,13-12-,16-15-/t21-/m0/s1. The first-order chi connectivity index (χ1) is 12.2. The first-order valence-corrected chi connectivity index (χ1v) is 9.66. The van der Waals surface area contributed by atoms with Crippen molar-refractivity contribution in [1.82, 2.24) is 0 Å². The SMILES string of the molecule is CCCCC/C=C\C/C=C\C/C=C\C/C=C\CCC[C@H](O)CC(=O)O. The third kappa shape index (κ3) is 20.3. The number of hydrogen-bond donors (Lipinski definition) is 2. The molecular formula is C22H36O3. The van der Waals surface area contributed by atoms with Crippen molar-refractivity contribution in [2.75, 3.05) is 0 Å². The zero-order chi connectivity index (χ0) is 18.6. The van der Waals surface area contributed by atoms with Crippen LogP contribution in [0.4, 0.5) is 0 Å². The molecule has 0 radical (unpaired) electrons. The number of rotatable bonds is 16. The summed E-state index contributed by atoms with van der Waals surface area (Å²) in [5.41, 5.74) is 0. The van der Waals surface area contributed by atoms with Crippen LogP contribution in [0, 0.1) is 0 Å². The van der Waals surface area contributed by atoms with Crippen LogP contribution >= 0.6 is 0 Å². The Morgan fingerprint density at radius 2 is 1.28 bits per heavy atom. The fraction of sp³-hybridized carbons (Fsp3) is 0.591. The number of unbranched alkanes of at least 4 members (excludes halogenated alkanes) is 4. The Hall–Kier alpha value is -1.61. The Labute approximate surface area is 153 Å². The number of aliphatic hydroxyl groups excluding tert-OH is 1. The van der Waals surface area contributed by atoms with Gasteiger partial charge in [-0.05, 0) is 51.4 Å². The molecule has 0 heterocycles. The molecule has 0 unspecified atom stereocenters. The minimum atomic E-state index is -0.940. The topological polar surface area (TPSA) is 57.5 Å². The quantitative estimate of drug-likeness (QED) is 0.267. The van der Waals surface area contributed by atoms with Crippen LogP contribution in [0.5, 0.6) is 0 Å². The first kappa shape index (κ1) is 23.4. The van der Waals surface area contributed by atoms with Crippen LogP contribution < -0.4 is 0 Å². The molecular weight excluding hydrogens is 312 g/mol. The molecule has 0 aliphatic rings. The maximum Gasteiger partial charge on any atom is 0.305 e. The number of carboxylic acid groups (broad SMARTS) is 1. The van der Waals surface area contributed by atoms with Crippen molar-refractivity contribution < 1.29 is 15.0 Å². The van der Waals surface area contributed by atoms with E-state index in [1.54, 1.807) is 0 Å². The van der Waals surface area contributed by atoms with Crippen molar-refractivity contribution in [3.8, 4) is 0 Å². The first-order valence-electron chi connectivity index (χ1n) is 9.66. The van der Waals surface area contributed by atoms with Crippen LogP contribution in [0.1, 0.15) is 77.6 Å². The van der Waals surface area contributed by atoms with Crippen molar-refractivity contribution in [2.24, 2.45) is 0 Å². The second-order valence-corrected chi connectivity index (χ2v) is 6.27. The third-order valence-electron chi connectivity index (χ3n) is 3.78. The molecule has 142 valence electrons. The molecule has 0 spiro atoms. The molecule has 0 aromatic heterocycles. The fourth-order valence-corrected chi connectivity index (χ4v) is 2.34. The lowest BCUT2D eigenvalue weighted by atomic mass is 10.1. The smallest absolute Gasteiger partial charge is 0.305 e. The molecule has 25 heavy (non-hydrogen) atoms. The Balaban J connectivity index is 3.47. The van der Waals surface area contributed by atoms with Gasteiger partial charge in [0.1, 0.15) is 0 Å². The van der Waals surface area contributed by atoms with Crippen molar-refractivity contribution in [3.63, 3.8) is 0 Å². The third-order valence-corrected chi connectivity index (χ3v) is 3.78. The molecule has 0 saturated heterocycles. The largest absolute Gasteiger partial charge is 0.481 e. The number of aliphatic carboxylic acids is 1. The molecule has 0 fully saturated rings. The number of carbonyl (C=O) groups is 1. The van der Waals surface area contributed by atoms with Gasteiger partial charge in [0.05, 0.1) is 12.5 Å². The molecule has 0 aromatic rings. The van der Waals surface area contributed by atoms with Crippen LogP contribution in [0.25, 0.3) is 0 Å². The molecule has 0 aromatic carbocycles. The summed E-state index contributed by atoms with van der Waals surface area (Å²) >= 11 is 0. The lowest BCUT2D eigenvalue weighted by Gasteiger charge is -2.05. The highest BCUT2D eigenvalue weighted by Gasteiger charge is 2.07. The molecule has 0 aliphatic carbocycles. The molecule has 3 nitrogen and oxygen atoms in total. The minimum absolute atomic E-state index is 0.158. The van der Waals surface area contributed by atoms with Crippen molar-refractivity contribution >= 4 is 5.97 Å². The van der Waals surface area contributed by atoms with Gasteiger partial charge in [-0.1, -0.05) is 68.4 Å². The molecule has 0 bridgehead atoms. The monoisotopic (exact) mass is 348 g/mol. The van der Waals surface area contributed by atoms with E-state index in [0.717, 1.165) is 32.1 Å². The van der Waals surface area contributed by atoms with E-state index < -0.39 is 12.1 Å². The van der Waals surface area contributed by atoms with Crippen LogP contribution in [0.2, 0.25) is 0 Å². The molecule has 1 atom stereocenters. The van der Waals surface area contributed by atoms with Gasteiger partial charge in [0.25, 0.3) is 0 Å². The summed E-state index contributed by atoms with van der Waals surface area (Å²) in [6, 6.07) is 0. The Kier molecular flexibility index (Phi) is 17.5. The molecule has 0 amide bonds. The predicted octanol–water partition coefficient (Wildman–Crippen LogP) is 5.97. The van der Waals surface area contributed by atoms with Gasteiger partial charge < -0.3 is 10.2 Å². The van der Waals surface area contributed by atoms with E-state index in [1.165, 1.54) is 25.7 Å². The van der Waals surface area contributed by atoms with Gasteiger partial charge in [0, 0.05) is 0 Å². The van der Waals surface area contributed by atoms with Gasteiger partial charge in [-0.3, -0.25) is 4.79 Å².